The normalized spacial score (nSPS) is 10.9. The molecule has 2 aromatic carbocycles. The van der Waals surface area contributed by atoms with Crippen LogP contribution in [0.3, 0.4) is 0 Å². The number of carbonyl (C=O) groups excluding carboxylic acids is 1. The third-order valence-electron chi connectivity index (χ3n) is 3.02. The second-order valence-electron chi connectivity index (χ2n) is 4.86. The van der Waals surface area contributed by atoms with Crippen molar-refractivity contribution in [1.29, 1.82) is 0 Å². The monoisotopic (exact) mass is 384 g/mol. The molecule has 0 saturated heterocycles. The molecule has 1 N–H and O–H groups in total. The molecule has 0 atom stereocenters. The summed E-state index contributed by atoms with van der Waals surface area (Å²) < 4.78 is 0.943. The summed E-state index contributed by atoms with van der Waals surface area (Å²) in [4.78, 5) is 13.1. The van der Waals surface area contributed by atoms with Crippen LogP contribution in [0.1, 0.15) is 5.56 Å². The number of nitrogens with one attached hydrogen (secondary N) is 1. The number of nitrogens with zero attached hydrogens (tertiary/aromatic N) is 5. The lowest BCUT2D eigenvalue weighted by atomic mass is 10.2. The number of tetrazole rings is 1. The molecular formula is C16H13BrN6O. The molecule has 0 aliphatic rings. The molecule has 0 radical (unpaired) electrons. The molecule has 3 aromatic rings. The van der Waals surface area contributed by atoms with Crippen LogP contribution in [0.15, 0.2) is 64.2 Å². The van der Waals surface area contributed by atoms with Gasteiger partial charge >= 0.3 is 0 Å². The maximum Gasteiger partial charge on any atom is 0.263 e. The van der Waals surface area contributed by atoms with E-state index in [0.717, 1.165) is 15.6 Å². The Morgan fingerprint density at radius 1 is 1.21 bits per heavy atom. The minimum atomic E-state index is -0.335. The Morgan fingerprint density at radius 2 is 2.04 bits per heavy atom. The Balaban J connectivity index is 1.57. The highest BCUT2D eigenvalue weighted by molar-refractivity contribution is 9.10. The molecule has 0 bridgehead atoms. The van der Waals surface area contributed by atoms with E-state index in [9.17, 15) is 4.79 Å². The average molecular weight is 385 g/mol. The topological polar surface area (TPSA) is 85.1 Å². The first kappa shape index (κ1) is 16.0. The van der Waals surface area contributed by atoms with Crippen molar-refractivity contribution >= 4 is 28.1 Å². The fraction of sp³-hybridized carbons (Fsp3) is 0.0625. The fourth-order valence-corrected chi connectivity index (χ4v) is 2.36. The van der Waals surface area contributed by atoms with Gasteiger partial charge in [0.15, 0.2) is 0 Å². The Labute approximate surface area is 146 Å². The van der Waals surface area contributed by atoms with Crippen LogP contribution in [0.4, 0.5) is 0 Å². The summed E-state index contributed by atoms with van der Waals surface area (Å²) in [7, 11) is 0. The number of halogens is 1. The molecule has 7 nitrogen and oxygen atoms in total. The molecule has 0 fully saturated rings. The molecule has 3 rings (SSSR count). The Bertz CT molecular complexity index is 862. The Kier molecular flexibility index (Phi) is 5.07. The van der Waals surface area contributed by atoms with Gasteiger partial charge in [0.05, 0.1) is 6.21 Å². The van der Waals surface area contributed by atoms with E-state index in [-0.39, 0.29) is 12.5 Å². The van der Waals surface area contributed by atoms with Crippen LogP contribution in [0.25, 0.3) is 11.4 Å². The summed E-state index contributed by atoms with van der Waals surface area (Å²) in [5.41, 5.74) is 4.15. The van der Waals surface area contributed by atoms with Gasteiger partial charge < -0.3 is 0 Å². The van der Waals surface area contributed by atoms with Gasteiger partial charge in [-0.2, -0.15) is 9.90 Å². The number of hydrogen-bond acceptors (Lipinski definition) is 5. The van der Waals surface area contributed by atoms with Crippen LogP contribution in [0, 0.1) is 0 Å². The van der Waals surface area contributed by atoms with Crippen molar-refractivity contribution < 1.29 is 4.79 Å². The number of aromatic nitrogens is 4. The van der Waals surface area contributed by atoms with Crippen LogP contribution in [0.5, 0.6) is 0 Å². The highest BCUT2D eigenvalue weighted by Crippen LogP contribution is 2.11. The second-order valence-corrected chi connectivity index (χ2v) is 5.77. The van der Waals surface area contributed by atoms with Gasteiger partial charge in [0.1, 0.15) is 6.54 Å². The van der Waals surface area contributed by atoms with Gasteiger partial charge in [0.2, 0.25) is 5.82 Å². The zero-order valence-corrected chi connectivity index (χ0v) is 14.1. The second kappa shape index (κ2) is 7.60. The third-order valence-corrected chi connectivity index (χ3v) is 3.51. The van der Waals surface area contributed by atoms with Gasteiger partial charge in [-0.25, -0.2) is 5.43 Å². The number of carbonyl (C=O) groups is 1. The minimum absolute atomic E-state index is 0.0599. The van der Waals surface area contributed by atoms with E-state index in [1.54, 1.807) is 6.21 Å². The number of rotatable bonds is 5. The van der Waals surface area contributed by atoms with E-state index in [2.05, 4.69) is 41.9 Å². The lowest BCUT2D eigenvalue weighted by molar-refractivity contribution is -0.122. The SMILES string of the molecule is O=C(Cn1nnc(-c2ccccc2)n1)NN=Cc1cccc(Br)c1. The van der Waals surface area contributed by atoms with Gasteiger partial charge in [-0.3, -0.25) is 4.79 Å². The van der Waals surface area contributed by atoms with Crippen molar-refractivity contribution in [2.75, 3.05) is 0 Å². The van der Waals surface area contributed by atoms with Crippen molar-refractivity contribution in [3.05, 3.63) is 64.6 Å². The van der Waals surface area contributed by atoms with Gasteiger partial charge in [-0.15, -0.1) is 10.2 Å². The van der Waals surface area contributed by atoms with Crippen molar-refractivity contribution in [2.45, 2.75) is 6.54 Å². The first-order chi connectivity index (χ1) is 11.7. The molecule has 1 aromatic heterocycles. The molecule has 0 unspecified atom stereocenters. The standard InChI is InChI=1S/C16H13BrN6O/c17-14-8-4-5-12(9-14)10-18-19-15(24)11-23-21-16(20-22-23)13-6-2-1-3-7-13/h1-10H,11H2,(H,19,24). The van der Waals surface area contributed by atoms with Crippen molar-refractivity contribution in [3.8, 4) is 11.4 Å². The maximum absolute atomic E-state index is 11.9. The molecule has 120 valence electrons. The predicted molar refractivity (Wildman–Crippen MR) is 93.1 cm³/mol. The van der Waals surface area contributed by atoms with Crippen LogP contribution in [0.2, 0.25) is 0 Å². The van der Waals surface area contributed by atoms with Crippen molar-refractivity contribution in [3.63, 3.8) is 0 Å². The molecule has 8 heteroatoms. The molecule has 1 heterocycles. The van der Waals surface area contributed by atoms with Crippen LogP contribution in [-0.2, 0) is 11.3 Å². The lowest BCUT2D eigenvalue weighted by Gasteiger charge is -1.98. The van der Waals surface area contributed by atoms with Gasteiger partial charge in [-0.05, 0) is 22.9 Å². The summed E-state index contributed by atoms with van der Waals surface area (Å²) in [6, 6.07) is 17.0. The molecule has 0 spiro atoms. The van der Waals surface area contributed by atoms with Gasteiger partial charge in [0.25, 0.3) is 5.91 Å². The number of hydrogen-bond donors (Lipinski definition) is 1. The molecule has 0 saturated carbocycles. The summed E-state index contributed by atoms with van der Waals surface area (Å²) >= 11 is 3.37. The van der Waals surface area contributed by atoms with E-state index >= 15 is 0 Å². The maximum atomic E-state index is 11.9. The number of hydrazone groups is 1. The molecule has 0 aliphatic carbocycles. The first-order valence-electron chi connectivity index (χ1n) is 7.11. The zero-order chi connectivity index (χ0) is 16.8. The molecule has 0 aliphatic heterocycles. The van der Waals surface area contributed by atoms with E-state index in [4.69, 9.17) is 0 Å². The van der Waals surface area contributed by atoms with Gasteiger partial charge in [0, 0.05) is 10.0 Å². The zero-order valence-electron chi connectivity index (χ0n) is 12.5. The van der Waals surface area contributed by atoms with Crippen LogP contribution < -0.4 is 5.43 Å². The molecule has 1 amide bonds. The van der Waals surface area contributed by atoms with Crippen LogP contribution >= 0.6 is 15.9 Å². The van der Waals surface area contributed by atoms with E-state index < -0.39 is 0 Å². The third kappa shape index (κ3) is 4.32. The summed E-state index contributed by atoms with van der Waals surface area (Å²) in [5.74, 6) is 0.138. The van der Waals surface area contributed by atoms with Gasteiger partial charge in [-0.1, -0.05) is 58.4 Å². The lowest BCUT2D eigenvalue weighted by Crippen LogP contribution is -2.24. The highest BCUT2D eigenvalue weighted by atomic mass is 79.9. The van der Waals surface area contributed by atoms with Crippen LogP contribution in [-0.4, -0.2) is 32.3 Å². The van der Waals surface area contributed by atoms with Crippen molar-refractivity contribution in [2.24, 2.45) is 5.10 Å². The summed E-state index contributed by atoms with van der Waals surface area (Å²) in [6.45, 7) is -0.0599. The summed E-state index contributed by atoms with van der Waals surface area (Å²) in [6.07, 6.45) is 1.56. The number of amides is 1. The number of benzene rings is 2. The summed E-state index contributed by atoms with van der Waals surface area (Å²) in [5, 5.41) is 15.9. The van der Waals surface area contributed by atoms with E-state index in [1.807, 2.05) is 54.6 Å². The smallest absolute Gasteiger partial charge is 0.263 e. The van der Waals surface area contributed by atoms with E-state index in [1.165, 1.54) is 4.80 Å². The highest BCUT2D eigenvalue weighted by Gasteiger charge is 2.08. The van der Waals surface area contributed by atoms with Crippen molar-refractivity contribution in [1.82, 2.24) is 25.6 Å². The fourth-order valence-electron chi connectivity index (χ4n) is 1.94. The Morgan fingerprint density at radius 3 is 2.83 bits per heavy atom. The molecule has 24 heavy (non-hydrogen) atoms. The first-order valence-corrected chi connectivity index (χ1v) is 7.91. The average Bonchev–Trinajstić information content (AvgIpc) is 3.04. The molecular weight excluding hydrogens is 372 g/mol. The largest absolute Gasteiger partial charge is 0.271 e. The Hall–Kier alpha value is -2.87. The minimum Gasteiger partial charge on any atom is -0.271 e. The van der Waals surface area contributed by atoms with E-state index in [0.29, 0.717) is 5.82 Å². The predicted octanol–water partition coefficient (Wildman–Crippen LogP) is 2.25. The quantitative estimate of drug-likeness (QED) is 0.539.